The third kappa shape index (κ3) is 286. The second-order valence-electron chi connectivity index (χ2n) is 0.365. The standard InChI is InChI=1S/4CHO2.Fe/c4*2-1-3;/h4*(H,2,3);/q4*-1;+4. The van der Waals surface area contributed by atoms with Crippen LogP contribution < -0.4 is 0 Å². The van der Waals surface area contributed by atoms with E-state index in [9.17, 15) is 0 Å². The van der Waals surface area contributed by atoms with Gasteiger partial charge < -0.3 is 39.6 Å². The largest absolute Gasteiger partial charge is 4.00 e. The summed E-state index contributed by atoms with van der Waals surface area (Å²) in [6.45, 7) is 2.00. The Morgan fingerprint density at radius 3 is 0.538 bits per heavy atom. The quantitative estimate of drug-likeness (QED) is 0.291. The van der Waals surface area contributed by atoms with Crippen LogP contribution in [0.2, 0.25) is 0 Å². The van der Waals surface area contributed by atoms with Crippen LogP contribution in [-0.4, -0.2) is 46.3 Å². The summed E-state index contributed by atoms with van der Waals surface area (Å²) < 4.78 is 0. The van der Waals surface area contributed by atoms with Crippen molar-refractivity contribution in [3.63, 3.8) is 0 Å². The smallest absolute Gasteiger partial charge is 0.665 e. The third-order valence-corrected chi connectivity index (χ3v) is 0. The molecule has 0 atom stereocenters. The Morgan fingerprint density at radius 2 is 0.538 bits per heavy atom. The minimum atomic E-state index is 0. The zero-order valence-electron chi connectivity index (χ0n) is 5.78. The Bertz CT molecular complexity index is 70.1. The first-order valence-corrected chi connectivity index (χ1v) is 1.71. The molecule has 0 radical (unpaired) electrons. The molecule has 13 heavy (non-hydrogen) atoms. The van der Waals surface area contributed by atoms with Crippen LogP contribution in [0.5, 0.6) is 0 Å². The topological polar surface area (TPSA) is 149 Å². The van der Waals surface area contributed by atoms with Gasteiger partial charge in [0.2, 0.25) is 0 Å². The molecule has 76 valence electrons. The Hall–Kier alpha value is -1.60. The first kappa shape index (κ1) is 30.1. The monoisotopic (exact) mass is 236 g/mol. The van der Waals surface area contributed by atoms with Gasteiger partial charge in [0.25, 0.3) is 0 Å². The molecule has 0 aliphatic rings. The Morgan fingerprint density at radius 1 is 0.538 bits per heavy atom. The van der Waals surface area contributed by atoms with Crippen molar-refractivity contribution < 1.29 is 56.7 Å². The molecular weight excluding hydrogens is 232 g/mol. The van der Waals surface area contributed by atoms with E-state index >= 15 is 0 Å². The van der Waals surface area contributed by atoms with E-state index in [1.807, 2.05) is 0 Å². The fraction of sp³-hybridized carbons (Fsp3) is 0. The maximum atomic E-state index is 8.24. The van der Waals surface area contributed by atoms with Crippen LogP contribution in [0, 0.1) is 0 Å². The van der Waals surface area contributed by atoms with Gasteiger partial charge >= 0.3 is 17.1 Å². The molecule has 0 amide bonds. The average Bonchev–Trinajstić information content (AvgIpc) is 1.92. The van der Waals surface area contributed by atoms with E-state index in [4.69, 9.17) is 39.6 Å². The van der Waals surface area contributed by atoms with Crippen molar-refractivity contribution in [3.05, 3.63) is 0 Å². The summed E-state index contributed by atoms with van der Waals surface area (Å²) in [6, 6.07) is 0. The van der Waals surface area contributed by atoms with Crippen LogP contribution >= 0.6 is 0 Å². The van der Waals surface area contributed by atoms with Crippen molar-refractivity contribution in [1.29, 1.82) is 0 Å². The van der Waals surface area contributed by atoms with Gasteiger partial charge in [-0.05, 0) is 0 Å². The van der Waals surface area contributed by atoms with Gasteiger partial charge in [0.1, 0.15) is 0 Å². The van der Waals surface area contributed by atoms with Crippen molar-refractivity contribution in [2.45, 2.75) is 0 Å². The minimum Gasteiger partial charge on any atom is -0.665 e. The van der Waals surface area contributed by atoms with E-state index in [0.717, 1.165) is 0 Å². The average molecular weight is 236 g/mol. The van der Waals surface area contributed by atoms with E-state index in [0.29, 0.717) is 25.9 Å². The van der Waals surface area contributed by atoms with Gasteiger partial charge in [-0.25, -0.2) is 0 Å². The molecule has 0 aliphatic heterocycles. The van der Waals surface area contributed by atoms with Crippen LogP contribution in [0.3, 0.4) is 0 Å². The molecule has 0 aromatic rings. The Kier molecular flexibility index (Phi) is 370. The number of hydrogen-bond acceptors (Lipinski definition) is 4. The summed E-state index contributed by atoms with van der Waals surface area (Å²) in [4.78, 5) is 32.9. The van der Waals surface area contributed by atoms with Gasteiger partial charge in [0.05, 0.1) is 0 Å². The predicted octanol–water partition coefficient (Wildman–Crippen LogP) is -1.56. The zero-order chi connectivity index (χ0) is 10.8. The van der Waals surface area contributed by atoms with Crippen molar-refractivity contribution in [3.8, 4) is 0 Å². The van der Waals surface area contributed by atoms with Crippen molar-refractivity contribution in [2.75, 3.05) is 0 Å². The van der Waals surface area contributed by atoms with Crippen molar-refractivity contribution >= 4 is 25.9 Å². The Balaban J connectivity index is -0.0000000213. The van der Waals surface area contributed by atoms with E-state index in [-0.39, 0.29) is 17.1 Å². The van der Waals surface area contributed by atoms with Crippen LogP contribution in [0.4, 0.5) is 0 Å². The fourth-order valence-electron chi connectivity index (χ4n) is 0. The molecule has 0 fully saturated rings. The maximum absolute atomic E-state index is 8.24. The minimum absolute atomic E-state index is 0. The summed E-state index contributed by atoms with van der Waals surface area (Å²) in [7, 11) is 0. The number of rotatable bonds is 0. The molecule has 0 spiro atoms. The zero-order valence-corrected chi connectivity index (χ0v) is 6.88. The van der Waals surface area contributed by atoms with Crippen LogP contribution in [0.1, 0.15) is 0 Å². The van der Waals surface area contributed by atoms with E-state index < -0.39 is 0 Å². The number of hydrogen-bond donors (Lipinski definition) is 4. The first-order chi connectivity index (χ1) is 5.66. The molecule has 0 bridgehead atoms. The van der Waals surface area contributed by atoms with E-state index in [1.54, 1.807) is 0 Å². The molecule has 0 heterocycles. The first-order valence-electron chi connectivity index (χ1n) is 1.71. The summed E-state index contributed by atoms with van der Waals surface area (Å²) in [5, 5.41) is 27.1. The summed E-state index contributed by atoms with van der Waals surface area (Å²) >= 11 is 0. The summed E-state index contributed by atoms with van der Waals surface area (Å²) in [5.41, 5.74) is 0. The van der Waals surface area contributed by atoms with Gasteiger partial charge in [-0.15, -0.1) is 0 Å². The molecule has 9 heteroatoms. The molecule has 0 rings (SSSR count). The summed E-state index contributed by atoms with van der Waals surface area (Å²) in [6.07, 6.45) is 0. The fourth-order valence-corrected chi connectivity index (χ4v) is 0. The van der Waals surface area contributed by atoms with E-state index in [2.05, 4.69) is 0 Å². The molecule has 0 unspecified atom stereocenters. The van der Waals surface area contributed by atoms with Crippen molar-refractivity contribution in [2.24, 2.45) is 0 Å². The molecule has 8 nitrogen and oxygen atoms in total. The van der Waals surface area contributed by atoms with Gasteiger partial charge in [-0.1, -0.05) is 25.9 Å². The Labute approximate surface area is 83.3 Å². The number of aliphatic hydroxyl groups excluding tert-OH is 4. The molecule has 0 saturated carbocycles. The molecule has 0 saturated heterocycles. The normalized spacial score (nSPS) is 3.69. The summed E-state index contributed by atoms with van der Waals surface area (Å²) in [5.74, 6) is 0. The molecule has 0 aliphatic carbocycles. The van der Waals surface area contributed by atoms with Crippen LogP contribution in [0.25, 0.3) is 0 Å². The second-order valence-corrected chi connectivity index (χ2v) is 0.365. The van der Waals surface area contributed by atoms with Gasteiger partial charge in [-0.3, -0.25) is 0 Å². The molecular formula is C4H4FeO8. The SMILES string of the molecule is O=[C-]O.O=[C-]O.O=[C-]O.O=[C-]O.[Fe+4]. The van der Waals surface area contributed by atoms with Gasteiger partial charge in [0, 0.05) is 0 Å². The maximum Gasteiger partial charge on any atom is 4.00 e. The molecule has 4 N–H and O–H groups in total. The third-order valence-electron chi connectivity index (χ3n) is 0. The second kappa shape index (κ2) is 160. The molecule has 0 aromatic heterocycles. The van der Waals surface area contributed by atoms with Gasteiger partial charge in [-0.2, -0.15) is 0 Å². The predicted molar refractivity (Wildman–Crippen MR) is 33.3 cm³/mol. The van der Waals surface area contributed by atoms with Crippen molar-refractivity contribution in [1.82, 2.24) is 0 Å². The molecule has 0 aromatic carbocycles. The van der Waals surface area contributed by atoms with E-state index in [1.165, 1.54) is 0 Å². The van der Waals surface area contributed by atoms with Crippen LogP contribution in [0.15, 0.2) is 0 Å². The van der Waals surface area contributed by atoms with Crippen LogP contribution in [-0.2, 0) is 36.2 Å². The van der Waals surface area contributed by atoms with Gasteiger partial charge in [0.15, 0.2) is 0 Å².